The van der Waals surface area contributed by atoms with Crippen molar-refractivity contribution in [2.24, 2.45) is 10.7 Å². The SMILES string of the molecule is CCOC(=O)C1=C(COCCN=C(N)Nc2nccs2)NC(C)=C(C(=O)OC)C1c1cccc(Cl)c1Cl.O. The standard InChI is InChI=1S/C24H27Cl2N5O5S.H2O/c1-4-36-22(33)19-16(12-35-10-8-28-23(27)31-24-29-9-11-37-24)30-13(2)17(21(32)34-3)18(19)14-6-5-7-15(25)20(14)26;/h5-7,9,11,18,30H,4,8,10,12H2,1-3H3,(H3,27,28,29,31);1H2. The molecule has 3 rings (SSSR count). The first kappa shape index (κ1) is 31.1. The van der Waals surface area contributed by atoms with Crippen LogP contribution in [0.2, 0.25) is 10.0 Å². The van der Waals surface area contributed by atoms with E-state index in [2.05, 4.69) is 20.6 Å². The van der Waals surface area contributed by atoms with Crippen molar-refractivity contribution in [1.82, 2.24) is 10.3 Å². The van der Waals surface area contributed by atoms with Crippen LogP contribution in [0.3, 0.4) is 0 Å². The van der Waals surface area contributed by atoms with Gasteiger partial charge in [-0.05, 0) is 25.5 Å². The van der Waals surface area contributed by atoms with E-state index in [-0.39, 0.29) is 59.0 Å². The van der Waals surface area contributed by atoms with Gasteiger partial charge in [-0.15, -0.1) is 11.3 Å². The molecule has 1 aliphatic heterocycles. The second kappa shape index (κ2) is 14.7. The molecule has 1 unspecified atom stereocenters. The van der Waals surface area contributed by atoms with Crippen LogP contribution in [0.1, 0.15) is 25.3 Å². The summed E-state index contributed by atoms with van der Waals surface area (Å²) in [4.78, 5) is 34.3. The number of halogens is 2. The number of hydrogen-bond acceptors (Lipinski definition) is 9. The fourth-order valence-electron chi connectivity index (χ4n) is 3.73. The molecule has 0 saturated heterocycles. The topological polar surface area (TPSA) is 169 Å². The lowest BCUT2D eigenvalue weighted by Crippen LogP contribution is -2.35. The van der Waals surface area contributed by atoms with Crippen LogP contribution in [0.15, 0.2) is 57.3 Å². The van der Waals surface area contributed by atoms with E-state index in [0.29, 0.717) is 22.1 Å². The Morgan fingerprint density at radius 1 is 1.26 bits per heavy atom. The molecule has 0 radical (unpaired) electrons. The molecule has 1 aromatic heterocycles. The third-order valence-corrected chi connectivity index (χ3v) is 6.79. The number of methoxy groups -OCH3 is 1. The average molecular weight is 586 g/mol. The Morgan fingerprint density at radius 2 is 2.03 bits per heavy atom. The highest BCUT2D eigenvalue weighted by molar-refractivity contribution is 7.13. The van der Waals surface area contributed by atoms with Crippen molar-refractivity contribution in [3.8, 4) is 0 Å². The van der Waals surface area contributed by atoms with Crippen LogP contribution in [0.4, 0.5) is 5.13 Å². The van der Waals surface area contributed by atoms with Crippen molar-refractivity contribution in [2.45, 2.75) is 19.8 Å². The van der Waals surface area contributed by atoms with Crippen LogP contribution >= 0.6 is 34.5 Å². The van der Waals surface area contributed by atoms with E-state index in [4.69, 9.17) is 43.1 Å². The molecule has 1 aromatic carbocycles. The summed E-state index contributed by atoms with van der Waals surface area (Å²) in [5.41, 5.74) is 7.61. The number of thiazole rings is 1. The number of dihydropyridines is 1. The number of nitrogens with zero attached hydrogens (tertiary/aromatic N) is 2. The lowest BCUT2D eigenvalue weighted by atomic mass is 9.80. The number of anilines is 1. The van der Waals surface area contributed by atoms with Gasteiger partial charge in [-0.3, -0.25) is 4.99 Å². The van der Waals surface area contributed by atoms with E-state index < -0.39 is 17.9 Å². The summed E-state index contributed by atoms with van der Waals surface area (Å²) in [5, 5.41) is 8.93. The normalized spacial score (nSPS) is 15.5. The maximum atomic E-state index is 13.2. The summed E-state index contributed by atoms with van der Waals surface area (Å²) in [7, 11) is 1.27. The molecule has 0 bridgehead atoms. The minimum atomic E-state index is -0.895. The number of aliphatic imine (C=N–C) groups is 1. The smallest absolute Gasteiger partial charge is 0.336 e. The molecule has 6 N–H and O–H groups in total. The maximum Gasteiger partial charge on any atom is 0.336 e. The quantitative estimate of drug-likeness (QED) is 0.164. The number of nitrogens with two attached hydrogens (primary N) is 1. The fraction of sp³-hybridized carbons (Fsp3) is 0.333. The third-order valence-electron chi connectivity index (χ3n) is 5.27. The number of allylic oxidation sites excluding steroid dienone is 1. The number of ether oxygens (including phenoxy) is 3. The van der Waals surface area contributed by atoms with Gasteiger partial charge in [-0.2, -0.15) is 0 Å². The number of carbonyl (C=O) groups excluding carboxylic acids is 2. The first-order valence-corrected chi connectivity index (χ1v) is 12.9. The molecular formula is C24H29Cl2N5O6S. The maximum absolute atomic E-state index is 13.2. The van der Waals surface area contributed by atoms with Gasteiger partial charge in [0.2, 0.25) is 0 Å². The van der Waals surface area contributed by atoms with Crippen LogP contribution in [0.5, 0.6) is 0 Å². The minimum absolute atomic E-state index is 0. The van der Waals surface area contributed by atoms with Gasteiger partial charge in [0.15, 0.2) is 11.1 Å². The molecule has 14 heteroatoms. The van der Waals surface area contributed by atoms with Gasteiger partial charge in [-0.1, -0.05) is 35.3 Å². The van der Waals surface area contributed by atoms with Gasteiger partial charge in [0.1, 0.15) is 0 Å². The highest BCUT2D eigenvalue weighted by atomic mass is 35.5. The minimum Gasteiger partial charge on any atom is -0.466 e. The second-order valence-electron chi connectivity index (χ2n) is 7.63. The number of esters is 2. The average Bonchev–Trinajstić information content (AvgIpc) is 3.37. The number of benzene rings is 1. The van der Waals surface area contributed by atoms with Gasteiger partial charge in [0.25, 0.3) is 0 Å². The van der Waals surface area contributed by atoms with Crippen molar-refractivity contribution in [3.05, 3.63) is 67.9 Å². The Bertz CT molecular complexity index is 1230. The Labute approximate surface area is 234 Å². The zero-order chi connectivity index (χ0) is 26.9. The number of nitrogens with one attached hydrogen (secondary N) is 2. The van der Waals surface area contributed by atoms with Crippen molar-refractivity contribution < 1.29 is 29.3 Å². The Balaban J connectivity index is 0.00000507. The molecule has 11 nitrogen and oxygen atoms in total. The molecule has 38 heavy (non-hydrogen) atoms. The summed E-state index contributed by atoms with van der Waals surface area (Å²) in [6.07, 6.45) is 1.65. The molecule has 0 saturated carbocycles. The summed E-state index contributed by atoms with van der Waals surface area (Å²) in [6, 6.07) is 5.01. The van der Waals surface area contributed by atoms with Crippen LogP contribution in [-0.4, -0.2) is 61.8 Å². The van der Waals surface area contributed by atoms with Gasteiger partial charge < -0.3 is 36.1 Å². The highest BCUT2D eigenvalue weighted by Gasteiger charge is 2.40. The molecule has 2 aromatic rings. The number of carbonyl (C=O) groups is 2. The summed E-state index contributed by atoms with van der Waals surface area (Å²) in [6.45, 7) is 3.99. The van der Waals surface area contributed by atoms with Crippen molar-refractivity contribution in [2.75, 3.05) is 38.8 Å². The number of rotatable bonds is 10. The first-order chi connectivity index (χ1) is 17.8. The van der Waals surface area contributed by atoms with Gasteiger partial charge in [0, 0.05) is 17.3 Å². The molecule has 0 spiro atoms. The van der Waals surface area contributed by atoms with Crippen molar-refractivity contribution in [1.29, 1.82) is 0 Å². The Hall–Kier alpha value is -3.16. The summed E-state index contributed by atoms with van der Waals surface area (Å²) >= 11 is 14.2. The van der Waals surface area contributed by atoms with E-state index in [1.807, 2.05) is 5.38 Å². The molecule has 1 atom stereocenters. The number of hydrogen-bond donors (Lipinski definition) is 3. The summed E-state index contributed by atoms with van der Waals surface area (Å²) in [5.74, 6) is -1.93. The molecule has 0 aliphatic carbocycles. The van der Waals surface area contributed by atoms with E-state index in [1.54, 1.807) is 38.2 Å². The second-order valence-corrected chi connectivity index (χ2v) is 9.31. The van der Waals surface area contributed by atoms with Crippen LogP contribution in [-0.2, 0) is 23.8 Å². The zero-order valence-corrected chi connectivity index (χ0v) is 23.3. The lowest BCUT2D eigenvalue weighted by molar-refractivity contribution is -0.139. The number of aromatic nitrogens is 1. The Kier molecular flexibility index (Phi) is 12.0. The first-order valence-electron chi connectivity index (χ1n) is 11.2. The van der Waals surface area contributed by atoms with Crippen molar-refractivity contribution >= 4 is 57.6 Å². The molecule has 0 fully saturated rings. The molecular weight excluding hydrogens is 557 g/mol. The zero-order valence-electron chi connectivity index (χ0n) is 21.0. The van der Waals surface area contributed by atoms with Gasteiger partial charge >= 0.3 is 11.9 Å². The molecule has 206 valence electrons. The van der Waals surface area contributed by atoms with Gasteiger partial charge in [-0.25, -0.2) is 14.6 Å². The van der Waals surface area contributed by atoms with Crippen LogP contribution in [0, 0.1) is 0 Å². The number of guanidine groups is 1. The predicted molar refractivity (Wildman–Crippen MR) is 147 cm³/mol. The predicted octanol–water partition coefficient (Wildman–Crippen LogP) is 3.02. The lowest BCUT2D eigenvalue weighted by Gasteiger charge is -2.31. The molecule has 2 heterocycles. The van der Waals surface area contributed by atoms with E-state index in [1.165, 1.54) is 18.4 Å². The fourth-order valence-corrected chi connectivity index (χ4v) is 4.69. The van der Waals surface area contributed by atoms with E-state index in [0.717, 1.165) is 0 Å². The van der Waals surface area contributed by atoms with Crippen LogP contribution < -0.4 is 16.4 Å². The highest BCUT2D eigenvalue weighted by Crippen LogP contribution is 2.43. The Morgan fingerprint density at radius 3 is 2.68 bits per heavy atom. The van der Waals surface area contributed by atoms with E-state index in [9.17, 15) is 9.59 Å². The van der Waals surface area contributed by atoms with E-state index >= 15 is 0 Å². The summed E-state index contributed by atoms with van der Waals surface area (Å²) < 4.78 is 16.2. The van der Waals surface area contributed by atoms with Gasteiger partial charge in [0.05, 0.1) is 66.3 Å². The monoisotopic (exact) mass is 585 g/mol. The largest absolute Gasteiger partial charge is 0.466 e. The molecule has 1 aliphatic rings. The van der Waals surface area contributed by atoms with Crippen LogP contribution in [0.25, 0.3) is 0 Å². The third kappa shape index (κ3) is 7.45. The van der Waals surface area contributed by atoms with Crippen molar-refractivity contribution in [3.63, 3.8) is 0 Å². The molecule has 0 amide bonds.